The molecule has 9 heteroatoms. The number of rotatable bonds is 50. The van der Waals surface area contributed by atoms with Gasteiger partial charge in [-0.15, -0.1) is 0 Å². The van der Waals surface area contributed by atoms with E-state index in [1.54, 1.807) is 6.08 Å². The van der Waals surface area contributed by atoms with Crippen LogP contribution in [0.25, 0.3) is 0 Å². The summed E-state index contributed by atoms with van der Waals surface area (Å²) in [5.41, 5.74) is 0. The zero-order valence-corrected chi connectivity index (χ0v) is 46.6. The summed E-state index contributed by atoms with van der Waals surface area (Å²) < 4.78 is 11.3. The molecular weight excluding hydrogens is 911 g/mol. The van der Waals surface area contributed by atoms with Gasteiger partial charge in [-0.2, -0.15) is 0 Å². The standard InChI is InChI=1S/C64H111NO8/c1-3-5-7-9-11-13-15-17-19-20-21-22-23-24-25-26-27-28-29-30-31-32-33-34-35-36-37-38-40-42-44-46-48-50-52-54-60(68)65-57(56-72-64-63(71)62(70)61(69)59(55-66)73-64)58(67)53-51-49-47-45-43-41-39-18-16-14-12-10-8-6-4-2/h5,7,11,13,17,19,21-22,24-25,27-28,30-31,51,53,57-59,61-64,66-67,69-71H,3-4,6,8-10,12,14-16,18,20,23,26,29,32-50,52,54-56H2,1-2H3,(H,65,68)/b7-5-,13-11-,19-17-,22-21-,25-24-,28-27-,31-30-,53-51+. The van der Waals surface area contributed by atoms with Gasteiger partial charge in [0.25, 0.3) is 0 Å². The molecule has 1 amide bonds. The first-order chi connectivity index (χ1) is 35.8. The number of ether oxygens (including phenoxy) is 2. The molecular formula is C64H111NO8. The lowest BCUT2D eigenvalue weighted by molar-refractivity contribution is -0.302. The Hall–Kier alpha value is -2.89. The quantitative estimate of drug-likeness (QED) is 0.0261. The number of aliphatic hydroxyl groups excluding tert-OH is 5. The Morgan fingerprint density at radius 1 is 0.479 bits per heavy atom. The number of hydrogen-bond donors (Lipinski definition) is 6. The van der Waals surface area contributed by atoms with E-state index in [-0.39, 0.29) is 12.5 Å². The monoisotopic (exact) mass is 1020 g/mol. The van der Waals surface area contributed by atoms with Gasteiger partial charge in [0, 0.05) is 6.42 Å². The Labute approximate surface area is 447 Å². The van der Waals surface area contributed by atoms with Crippen LogP contribution in [0.1, 0.15) is 245 Å². The van der Waals surface area contributed by atoms with E-state index in [9.17, 15) is 30.3 Å². The largest absolute Gasteiger partial charge is 0.394 e. The van der Waals surface area contributed by atoms with Crippen LogP contribution in [0.15, 0.2) is 97.2 Å². The lowest BCUT2D eigenvalue weighted by Crippen LogP contribution is -2.60. The molecule has 0 aromatic carbocycles. The number of carbonyl (C=O) groups excluding carboxylic acids is 1. The van der Waals surface area contributed by atoms with Crippen molar-refractivity contribution in [3.05, 3.63) is 97.2 Å². The highest BCUT2D eigenvalue weighted by atomic mass is 16.7. The molecule has 73 heavy (non-hydrogen) atoms. The summed E-state index contributed by atoms with van der Waals surface area (Å²) in [4.78, 5) is 13.1. The first kappa shape index (κ1) is 68.1. The smallest absolute Gasteiger partial charge is 0.220 e. The Balaban J connectivity index is 2.15. The van der Waals surface area contributed by atoms with Gasteiger partial charge in [0.15, 0.2) is 6.29 Å². The maximum Gasteiger partial charge on any atom is 0.220 e. The summed E-state index contributed by atoms with van der Waals surface area (Å²) in [6.07, 6.45) is 69.0. The van der Waals surface area contributed by atoms with Crippen LogP contribution in [-0.2, 0) is 14.3 Å². The van der Waals surface area contributed by atoms with Crippen molar-refractivity contribution < 1.29 is 39.8 Å². The van der Waals surface area contributed by atoms with Crippen LogP contribution in [0, 0.1) is 0 Å². The molecule has 1 fully saturated rings. The number of allylic oxidation sites excluding steroid dienone is 15. The van der Waals surface area contributed by atoms with Crippen molar-refractivity contribution in [3.8, 4) is 0 Å². The fraction of sp³-hybridized carbons (Fsp3) is 0.734. The predicted octanol–water partition coefficient (Wildman–Crippen LogP) is 15.2. The third kappa shape index (κ3) is 42.0. The van der Waals surface area contributed by atoms with Gasteiger partial charge < -0.3 is 40.3 Å². The van der Waals surface area contributed by atoms with E-state index >= 15 is 0 Å². The molecule has 1 saturated heterocycles. The summed E-state index contributed by atoms with van der Waals surface area (Å²) in [6.45, 7) is 3.66. The molecule has 1 aliphatic rings. The molecule has 1 aliphatic heterocycles. The van der Waals surface area contributed by atoms with Crippen LogP contribution in [0.4, 0.5) is 0 Å². The molecule has 0 bridgehead atoms. The summed E-state index contributed by atoms with van der Waals surface area (Å²) in [5, 5.41) is 54.5. The van der Waals surface area contributed by atoms with Crippen LogP contribution in [0.2, 0.25) is 0 Å². The second-order valence-electron chi connectivity index (χ2n) is 20.4. The minimum atomic E-state index is -1.57. The summed E-state index contributed by atoms with van der Waals surface area (Å²) in [6, 6.07) is -0.810. The molecule has 7 unspecified atom stereocenters. The summed E-state index contributed by atoms with van der Waals surface area (Å²) >= 11 is 0. The van der Waals surface area contributed by atoms with E-state index in [4.69, 9.17) is 9.47 Å². The Morgan fingerprint density at radius 3 is 1.26 bits per heavy atom. The van der Waals surface area contributed by atoms with E-state index in [1.807, 2.05) is 6.08 Å². The van der Waals surface area contributed by atoms with E-state index in [0.717, 1.165) is 83.5 Å². The van der Waals surface area contributed by atoms with Gasteiger partial charge >= 0.3 is 0 Å². The average Bonchev–Trinajstić information content (AvgIpc) is 3.39. The van der Waals surface area contributed by atoms with E-state index in [1.165, 1.54) is 141 Å². The molecule has 420 valence electrons. The number of unbranched alkanes of at least 4 members (excludes halogenated alkanes) is 26. The van der Waals surface area contributed by atoms with Crippen LogP contribution >= 0.6 is 0 Å². The Kier molecular flexibility index (Phi) is 49.0. The second-order valence-corrected chi connectivity index (χ2v) is 20.4. The van der Waals surface area contributed by atoms with E-state index in [0.29, 0.717) is 6.42 Å². The Bertz CT molecular complexity index is 1460. The molecule has 0 aliphatic carbocycles. The minimum Gasteiger partial charge on any atom is -0.394 e. The fourth-order valence-corrected chi connectivity index (χ4v) is 8.96. The van der Waals surface area contributed by atoms with Crippen molar-refractivity contribution in [1.82, 2.24) is 5.32 Å². The first-order valence-corrected chi connectivity index (χ1v) is 30.0. The summed E-state index contributed by atoms with van der Waals surface area (Å²) in [5.74, 6) is -0.181. The normalized spacial score (nSPS) is 19.8. The van der Waals surface area contributed by atoms with Gasteiger partial charge in [0.05, 0.1) is 25.4 Å². The fourth-order valence-electron chi connectivity index (χ4n) is 8.96. The molecule has 1 rings (SSSR count). The second kappa shape index (κ2) is 52.5. The zero-order chi connectivity index (χ0) is 52.9. The molecule has 0 aromatic rings. The number of amides is 1. The van der Waals surface area contributed by atoms with Crippen LogP contribution in [0.5, 0.6) is 0 Å². The number of nitrogens with one attached hydrogen (secondary N) is 1. The van der Waals surface area contributed by atoms with Crippen molar-refractivity contribution in [2.45, 2.75) is 288 Å². The van der Waals surface area contributed by atoms with Crippen molar-refractivity contribution in [2.24, 2.45) is 0 Å². The topological polar surface area (TPSA) is 149 Å². The van der Waals surface area contributed by atoms with E-state index < -0.39 is 49.5 Å². The van der Waals surface area contributed by atoms with Crippen molar-refractivity contribution >= 4 is 5.91 Å². The predicted molar refractivity (Wildman–Crippen MR) is 308 cm³/mol. The number of hydrogen-bond acceptors (Lipinski definition) is 8. The third-order valence-electron chi connectivity index (χ3n) is 13.7. The van der Waals surface area contributed by atoms with Crippen LogP contribution in [0.3, 0.4) is 0 Å². The molecule has 0 spiro atoms. The van der Waals surface area contributed by atoms with Gasteiger partial charge in [-0.1, -0.05) is 259 Å². The highest BCUT2D eigenvalue weighted by Gasteiger charge is 2.44. The van der Waals surface area contributed by atoms with Gasteiger partial charge in [-0.05, 0) is 77.0 Å². The number of aliphatic hydroxyl groups is 5. The average molecular weight is 1020 g/mol. The molecule has 0 aromatic heterocycles. The Morgan fingerprint density at radius 2 is 0.849 bits per heavy atom. The van der Waals surface area contributed by atoms with Gasteiger partial charge in [-0.3, -0.25) is 4.79 Å². The molecule has 9 nitrogen and oxygen atoms in total. The van der Waals surface area contributed by atoms with Crippen molar-refractivity contribution in [1.29, 1.82) is 0 Å². The molecule has 6 N–H and O–H groups in total. The SMILES string of the molecule is CC/C=C\C/C=C\C/C=C\C/C=C\C/C=C\C/C=C\C/C=C\CCCCCCCCCCCCCCCC(=O)NC(COC1OC(CO)C(O)C(O)C1O)C(O)/C=C/CCCCCCCCCCCCCCC. The minimum absolute atomic E-state index is 0.181. The molecule has 0 saturated carbocycles. The van der Waals surface area contributed by atoms with Gasteiger partial charge in [-0.25, -0.2) is 0 Å². The first-order valence-electron chi connectivity index (χ1n) is 30.0. The maximum absolute atomic E-state index is 13.1. The summed E-state index contributed by atoms with van der Waals surface area (Å²) in [7, 11) is 0. The maximum atomic E-state index is 13.1. The van der Waals surface area contributed by atoms with Gasteiger partial charge in [0.1, 0.15) is 24.4 Å². The van der Waals surface area contributed by atoms with Crippen LogP contribution in [-0.4, -0.2) is 87.5 Å². The highest BCUT2D eigenvalue weighted by molar-refractivity contribution is 5.76. The molecule has 1 heterocycles. The highest BCUT2D eigenvalue weighted by Crippen LogP contribution is 2.23. The van der Waals surface area contributed by atoms with Gasteiger partial charge in [0.2, 0.25) is 5.91 Å². The number of carbonyl (C=O) groups is 1. The van der Waals surface area contributed by atoms with Crippen LogP contribution < -0.4 is 5.32 Å². The van der Waals surface area contributed by atoms with Crippen molar-refractivity contribution in [2.75, 3.05) is 13.2 Å². The van der Waals surface area contributed by atoms with E-state index in [2.05, 4.69) is 104 Å². The molecule has 0 radical (unpaired) electrons. The lowest BCUT2D eigenvalue weighted by Gasteiger charge is -2.40. The van der Waals surface area contributed by atoms with Crippen molar-refractivity contribution in [3.63, 3.8) is 0 Å². The third-order valence-corrected chi connectivity index (χ3v) is 13.7. The lowest BCUT2D eigenvalue weighted by atomic mass is 9.99. The molecule has 7 atom stereocenters. The zero-order valence-electron chi connectivity index (χ0n) is 46.6.